The number of unbranched alkanes of at least 4 members (excludes halogenated alkanes) is 1. The molecule has 4 nitrogen and oxygen atoms in total. The quantitative estimate of drug-likeness (QED) is 0.793. The molecule has 1 aromatic carbocycles. The van der Waals surface area contributed by atoms with Crippen molar-refractivity contribution in [3.05, 3.63) is 23.3 Å². The Balaban J connectivity index is 3.08. The third-order valence-electron chi connectivity index (χ3n) is 2.82. The highest BCUT2D eigenvalue weighted by molar-refractivity contribution is 7.89. The molecule has 5 heteroatoms. The molecule has 0 amide bonds. The summed E-state index contributed by atoms with van der Waals surface area (Å²) in [4.78, 5) is 0.166. The van der Waals surface area contributed by atoms with Gasteiger partial charge in [0.1, 0.15) is 0 Å². The first kappa shape index (κ1) is 14.0. The van der Waals surface area contributed by atoms with Crippen LogP contribution in [0.15, 0.2) is 17.0 Å². The van der Waals surface area contributed by atoms with Crippen LogP contribution in [0.2, 0.25) is 0 Å². The second kappa shape index (κ2) is 5.51. The smallest absolute Gasteiger partial charge is 0.238 e. The van der Waals surface area contributed by atoms with Gasteiger partial charge >= 0.3 is 0 Å². The van der Waals surface area contributed by atoms with E-state index in [9.17, 15) is 8.42 Å². The van der Waals surface area contributed by atoms with Crippen LogP contribution in [-0.2, 0) is 10.0 Å². The van der Waals surface area contributed by atoms with Crippen LogP contribution >= 0.6 is 0 Å². The molecule has 0 radical (unpaired) electrons. The lowest BCUT2D eigenvalue weighted by Gasteiger charge is -2.13. The van der Waals surface area contributed by atoms with Gasteiger partial charge in [0.15, 0.2) is 0 Å². The van der Waals surface area contributed by atoms with Crippen molar-refractivity contribution in [2.75, 3.05) is 11.9 Å². The van der Waals surface area contributed by atoms with Gasteiger partial charge in [0, 0.05) is 12.2 Å². The van der Waals surface area contributed by atoms with Crippen LogP contribution in [0, 0.1) is 13.8 Å². The Morgan fingerprint density at radius 1 is 1.29 bits per heavy atom. The van der Waals surface area contributed by atoms with Crippen molar-refractivity contribution in [3.8, 4) is 0 Å². The lowest BCUT2D eigenvalue weighted by Crippen LogP contribution is -2.14. The van der Waals surface area contributed by atoms with Gasteiger partial charge in [-0.25, -0.2) is 13.6 Å². The normalized spacial score (nSPS) is 11.5. The van der Waals surface area contributed by atoms with E-state index in [2.05, 4.69) is 12.2 Å². The first-order chi connectivity index (χ1) is 7.86. The van der Waals surface area contributed by atoms with E-state index in [0.717, 1.165) is 36.2 Å². The van der Waals surface area contributed by atoms with Crippen molar-refractivity contribution in [2.24, 2.45) is 5.14 Å². The Morgan fingerprint density at radius 3 is 2.47 bits per heavy atom. The Morgan fingerprint density at radius 2 is 1.94 bits per heavy atom. The maximum Gasteiger partial charge on any atom is 0.238 e. The van der Waals surface area contributed by atoms with E-state index < -0.39 is 10.0 Å². The van der Waals surface area contributed by atoms with Crippen LogP contribution in [0.3, 0.4) is 0 Å². The summed E-state index contributed by atoms with van der Waals surface area (Å²) in [6.45, 7) is 6.80. The molecular formula is C12H20N2O2S. The summed E-state index contributed by atoms with van der Waals surface area (Å²) in [7, 11) is -3.64. The molecule has 0 fully saturated rings. The molecule has 0 bridgehead atoms. The van der Waals surface area contributed by atoms with Gasteiger partial charge in [-0.2, -0.15) is 0 Å². The molecular weight excluding hydrogens is 236 g/mol. The summed E-state index contributed by atoms with van der Waals surface area (Å²) in [6, 6.07) is 3.21. The highest BCUT2D eigenvalue weighted by Crippen LogP contribution is 2.23. The third-order valence-corrected chi connectivity index (χ3v) is 3.71. The number of hydrogen-bond donors (Lipinski definition) is 2. The standard InChI is InChI=1S/C12H20N2O2S/c1-4-5-6-14-12-8-11(17(13,15)16)7-9(2)10(12)3/h7-8,14H,4-6H2,1-3H3,(H2,13,15,16). The summed E-state index contributed by atoms with van der Waals surface area (Å²) in [5.41, 5.74) is 2.84. The maximum atomic E-state index is 11.3. The fourth-order valence-electron chi connectivity index (χ4n) is 1.57. The van der Waals surface area contributed by atoms with Crippen LogP contribution in [0.5, 0.6) is 0 Å². The zero-order valence-electron chi connectivity index (χ0n) is 10.6. The van der Waals surface area contributed by atoms with Crippen LogP contribution in [0.1, 0.15) is 30.9 Å². The molecule has 0 aliphatic heterocycles. The topological polar surface area (TPSA) is 72.2 Å². The van der Waals surface area contributed by atoms with Gasteiger partial charge in [0.2, 0.25) is 10.0 Å². The van der Waals surface area contributed by atoms with Crippen LogP contribution in [-0.4, -0.2) is 15.0 Å². The predicted octanol–water partition coefficient (Wildman–Crippen LogP) is 2.16. The van der Waals surface area contributed by atoms with E-state index in [-0.39, 0.29) is 4.90 Å². The summed E-state index contributed by atoms with van der Waals surface area (Å²) < 4.78 is 22.7. The van der Waals surface area contributed by atoms with Crippen molar-refractivity contribution < 1.29 is 8.42 Å². The molecule has 0 aliphatic carbocycles. The van der Waals surface area contributed by atoms with Gasteiger partial charge in [0.25, 0.3) is 0 Å². The fourth-order valence-corrected chi connectivity index (χ4v) is 2.20. The van der Waals surface area contributed by atoms with Gasteiger partial charge in [-0.3, -0.25) is 0 Å². The lowest BCUT2D eigenvalue weighted by atomic mass is 10.1. The van der Waals surface area contributed by atoms with E-state index >= 15 is 0 Å². The molecule has 96 valence electrons. The molecule has 1 aromatic rings. The molecule has 0 aliphatic rings. The summed E-state index contributed by atoms with van der Waals surface area (Å²) >= 11 is 0. The molecule has 0 spiro atoms. The number of benzene rings is 1. The monoisotopic (exact) mass is 256 g/mol. The van der Waals surface area contributed by atoms with Gasteiger partial charge in [0.05, 0.1) is 4.90 Å². The minimum atomic E-state index is -3.64. The van der Waals surface area contributed by atoms with E-state index in [1.54, 1.807) is 12.1 Å². The summed E-state index contributed by atoms with van der Waals surface area (Å²) in [5.74, 6) is 0. The molecule has 1 rings (SSSR count). The largest absolute Gasteiger partial charge is 0.385 e. The molecule has 0 unspecified atom stereocenters. The fraction of sp³-hybridized carbons (Fsp3) is 0.500. The van der Waals surface area contributed by atoms with E-state index in [0.29, 0.717) is 0 Å². The molecule has 0 heterocycles. The van der Waals surface area contributed by atoms with Crippen LogP contribution in [0.25, 0.3) is 0 Å². The Kier molecular flexibility index (Phi) is 4.54. The average Bonchev–Trinajstić information content (AvgIpc) is 2.22. The molecule has 0 saturated heterocycles. The molecule has 0 atom stereocenters. The number of rotatable bonds is 5. The van der Waals surface area contributed by atoms with Crippen molar-refractivity contribution in [2.45, 2.75) is 38.5 Å². The average molecular weight is 256 g/mol. The van der Waals surface area contributed by atoms with Gasteiger partial charge in [-0.1, -0.05) is 13.3 Å². The van der Waals surface area contributed by atoms with E-state index in [4.69, 9.17) is 5.14 Å². The van der Waals surface area contributed by atoms with E-state index in [1.165, 1.54) is 0 Å². The Labute approximate surface area is 103 Å². The minimum absolute atomic E-state index is 0.166. The van der Waals surface area contributed by atoms with Crippen molar-refractivity contribution in [1.29, 1.82) is 0 Å². The Bertz CT molecular complexity index is 495. The second-order valence-corrected chi connectivity index (χ2v) is 5.80. The zero-order valence-corrected chi connectivity index (χ0v) is 11.4. The molecule has 17 heavy (non-hydrogen) atoms. The summed E-state index contributed by atoms with van der Waals surface area (Å²) in [6.07, 6.45) is 2.15. The third kappa shape index (κ3) is 3.71. The highest BCUT2D eigenvalue weighted by Gasteiger charge is 2.12. The van der Waals surface area contributed by atoms with Gasteiger partial charge in [-0.15, -0.1) is 0 Å². The first-order valence-electron chi connectivity index (χ1n) is 5.74. The highest BCUT2D eigenvalue weighted by atomic mass is 32.2. The van der Waals surface area contributed by atoms with Crippen LogP contribution < -0.4 is 10.5 Å². The van der Waals surface area contributed by atoms with Crippen molar-refractivity contribution in [3.63, 3.8) is 0 Å². The number of nitrogens with one attached hydrogen (secondary N) is 1. The van der Waals surface area contributed by atoms with Gasteiger partial charge < -0.3 is 5.32 Å². The molecule has 3 N–H and O–H groups in total. The summed E-state index contributed by atoms with van der Waals surface area (Å²) in [5, 5.41) is 8.39. The number of aryl methyl sites for hydroxylation is 1. The van der Waals surface area contributed by atoms with Crippen molar-refractivity contribution >= 4 is 15.7 Å². The Hall–Kier alpha value is -1.07. The second-order valence-electron chi connectivity index (χ2n) is 4.24. The predicted molar refractivity (Wildman–Crippen MR) is 70.7 cm³/mol. The molecule has 0 aromatic heterocycles. The zero-order chi connectivity index (χ0) is 13.1. The minimum Gasteiger partial charge on any atom is -0.385 e. The SMILES string of the molecule is CCCCNc1cc(S(N)(=O)=O)cc(C)c1C. The van der Waals surface area contributed by atoms with E-state index in [1.807, 2.05) is 13.8 Å². The number of primary sulfonamides is 1. The number of nitrogens with two attached hydrogens (primary N) is 1. The van der Waals surface area contributed by atoms with Gasteiger partial charge in [-0.05, 0) is 43.5 Å². The number of anilines is 1. The number of sulfonamides is 1. The number of hydrogen-bond acceptors (Lipinski definition) is 3. The van der Waals surface area contributed by atoms with Crippen LogP contribution in [0.4, 0.5) is 5.69 Å². The lowest BCUT2D eigenvalue weighted by molar-refractivity contribution is 0.597. The first-order valence-corrected chi connectivity index (χ1v) is 7.28. The maximum absolute atomic E-state index is 11.3. The van der Waals surface area contributed by atoms with Crippen molar-refractivity contribution in [1.82, 2.24) is 0 Å². The molecule has 0 saturated carbocycles.